The average molecular weight is 333 g/mol. The molecule has 134 valence electrons. The molecule has 0 aromatic carbocycles. The highest BCUT2D eigenvalue weighted by atomic mass is 16.5. The monoisotopic (exact) mass is 333 g/mol. The van der Waals surface area contributed by atoms with E-state index in [0.29, 0.717) is 25.5 Å². The van der Waals surface area contributed by atoms with Crippen molar-refractivity contribution in [1.29, 1.82) is 0 Å². The van der Waals surface area contributed by atoms with Gasteiger partial charge in [-0.15, -0.1) is 0 Å². The molecule has 1 aromatic heterocycles. The molecule has 4 nitrogen and oxygen atoms in total. The molecule has 1 N–H and O–H groups in total. The first kappa shape index (κ1) is 18.9. The Labute approximate surface area is 145 Å². The van der Waals surface area contributed by atoms with Crippen LogP contribution in [0.15, 0.2) is 28.9 Å². The second-order valence-electron chi connectivity index (χ2n) is 6.48. The molecule has 4 heteroatoms. The number of nitrogens with zero attached hydrogens (tertiary/aromatic N) is 1. The molecule has 1 unspecified atom stereocenters. The van der Waals surface area contributed by atoms with E-state index in [1.54, 1.807) is 6.26 Å². The number of rotatable bonds is 12. The quantitative estimate of drug-likeness (QED) is 0.545. The van der Waals surface area contributed by atoms with Crippen molar-refractivity contribution in [3.05, 3.63) is 36.1 Å². The summed E-state index contributed by atoms with van der Waals surface area (Å²) in [5.74, 6) is 0.664. The Bertz CT molecular complexity index is 519. The van der Waals surface area contributed by atoms with Crippen molar-refractivity contribution in [2.45, 2.75) is 77.4 Å². The maximum Gasteiger partial charge on any atom is 0.225 e. The summed E-state index contributed by atoms with van der Waals surface area (Å²) >= 11 is 0. The first-order valence-corrected chi connectivity index (χ1v) is 9.37. The summed E-state index contributed by atoms with van der Waals surface area (Å²) in [4.78, 5) is 4.46. The predicted molar refractivity (Wildman–Crippen MR) is 96.5 cm³/mol. The Morgan fingerprint density at radius 1 is 1.21 bits per heavy atom. The van der Waals surface area contributed by atoms with Gasteiger partial charge in [0, 0.05) is 12.2 Å². The van der Waals surface area contributed by atoms with Gasteiger partial charge >= 0.3 is 0 Å². The molecule has 0 saturated heterocycles. The minimum Gasteiger partial charge on any atom is -0.444 e. The maximum absolute atomic E-state index is 9.95. The number of aliphatic hydroxyl groups excluding tert-OH is 1. The van der Waals surface area contributed by atoms with Crippen molar-refractivity contribution in [2.24, 2.45) is 0 Å². The average Bonchev–Trinajstić information content (AvgIpc) is 3.08. The molecule has 0 saturated carbocycles. The van der Waals surface area contributed by atoms with Gasteiger partial charge in [0.05, 0.1) is 12.7 Å². The minimum absolute atomic E-state index is 0.253. The van der Waals surface area contributed by atoms with Gasteiger partial charge in [0.15, 0.2) is 0 Å². The zero-order chi connectivity index (χ0) is 17.0. The summed E-state index contributed by atoms with van der Waals surface area (Å²) < 4.78 is 11.1. The van der Waals surface area contributed by atoms with Crippen LogP contribution in [-0.4, -0.2) is 22.8 Å². The van der Waals surface area contributed by atoms with Crippen molar-refractivity contribution in [2.75, 3.05) is 6.61 Å². The van der Waals surface area contributed by atoms with Crippen LogP contribution >= 0.6 is 0 Å². The predicted octanol–water partition coefficient (Wildman–Crippen LogP) is 5.04. The van der Waals surface area contributed by atoms with Gasteiger partial charge in [0.25, 0.3) is 0 Å². The van der Waals surface area contributed by atoms with E-state index in [4.69, 9.17) is 9.15 Å². The van der Waals surface area contributed by atoms with Crippen molar-refractivity contribution in [3.8, 4) is 0 Å². The SMILES string of the molecule is CCCCCCCC(O)CCOCc1coc(C2=CCCC=C2)n1. The van der Waals surface area contributed by atoms with Gasteiger partial charge in [-0.1, -0.05) is 57.3 Å². The lowest BCUT2D eigenvalue weighted by Crippen LogP contribution is -2.10. The van der Waals surface area contributed by atoms with E-state index in [1.165, 1.54) is 25.7 Å². The normalized spacial score (nSPS) is 15.5. The third-order valence-corrected chi connectivity index (χ3v) is 4.28. The van der Waals surface area contributed by atoms with E-state index in [2.05, 4.69) is 30.1 Å². The van der Waals surface area contributed by atoms with Gasteiger partial charge in [-0.3, -0.25) is 0 Å². The molecule has 1 atom stereocenters. The van der Waals surface area contributed by atoms with Crippen LogP contribution < -0.4 is 0 Å². The number of aromatic nitrogens is 1. The smallest absolute Gasteiger partial charge is 0.225 e. The summed E-state index contributed by atoms with van der Waals surface area (Å²) in [5.41, 5.74) is 1.85. The van der Waals surface area contributed by atoms with Crippen molar-refractivity contribution in [1.82, 2.24) is 4.98 Å². The van der Waals surface area contributed by atoms with Gasteiger partial charge in [0.1, 0.15) is 12.0 Å². The molecule has 0 amide bonds. The minimum atomic E-state index is -0.253. The van der Waals surface area contributed by atoms with E-state index in [0.717, 1.165) is 37.0 Å². The number of hydrogen-bond donors (Lipinski definition) is 1. The molecule has 24 heavy (non-hydrogen) atoms. The number of hydrogen-bond acceptors (Lipinski definition) is 4. The summed E-state index contributed by atoms with van der Waals surface area (Å²) in [7, 11) is 0. The van der Waals surface area contributed by atoms with Crippen LogP contribution in [0.2, 0.25) is 0 Å². The molecule has 2 rings (SSSR count). The third kappa shape index (κ3) is 7.02. The van der Waals surface area contributed by atoms with Crippen LogP contribution in [0.5, 0.6) is 0 Å². The Hall–Kier alpha value is -1.39. The molecule has 1 aliphatic rings. The second kappa shape index (κ2) is 11.2. The topological polar surface area (TPSA) is 55.5 Å². The molecule has 0 aliphatic heterocycles. The zero-order valence-electron chi connectivity index (χ0n) is 14.9. The highest BCUT2D eigenvalue weighted by molar-refractivity contribution is 5.69. The molecule has 1 heterocycles. The lowest BCUT2D eigenvalue weighted by Gasteiger charge is -2.10. The highest BCUT2D eigenvalue weighted by Crippen LogP contribution is 2.20. The van der Waals surface area contributed by atoms with Gasteiger partial charge in [0.2, 0.25) is 5.89 Å². The Morgan fingerprint density at radius 2 is 2.08 bits per heavy atom. The van der Waals surface area contributed by atoms with Crippen LogP contribution in [0.3, 0.4) is 0 Å². The molecule has 0 radical (unpaired) electrons. The van der Waals surface area contributed by atoms with Crippen molar-refractivity contribution < 1.29 is 14.3 Å². The number of allylic oxidation sites excluding steroid dienone is 4. The fourth-order valence-corrected chi connectivity index (χ4v) is 2.80. The Kier molecular flexibility index (Phi) is 8.85. The highest BCUT2D eigenvalue weighted by Gasteiger charge is 2.09. The number of unbranched alkanes of at least 4 members (excludes halogenated alkanes) is 4. The number of oxazole rings is 1. The van der Waals surface area contributed by atoms with E-state index < -0.39 is 0 Å². The Balaban J connectivity index is 1.56. The van der Waals surface area contributed by atoms with E-state index in [9.17, 15) is 5.11 Å². The summed E-state index contributed by atoms with van der Waals surface area (Å²) in [5, 5.41) is 9.95. The molecule has 1 aliphatic carbocycles. The van der Waals surface area contributed by atoms with Crippen LogP contribution in [0.4, 0.5) is 0 Å². The Morgan fingerprint density at radius 3 is 2.88 bits per heavy atom. The fraction of sp³-hybridized carbons (Fsp3) is 0.650. The lowest BCUT2D eigenvalue weighted by molar-refractivity contribution is 0.0676. The van der Waals surface area contributed by atoms with E-state index in [1.807, 2.05) is 0 Å². The van der Waals surface area contributed by atoms with E-state index in [-0.39, 0.29) is 6.10 Å². The fourth-order valence-electron chi connectivity index (χ4n) is 2.80. The summed E-state index contributed by atoms with van der Waals surface area (Å²) in [6.45, 7) is 3.21. The molecule has 1 aromatic rings. The van der Waals surface area contributed by atoms with Crippen LogP contribution in [-0.2, 0) is 11.3 Å². The van der Waals surface area contributed by atoms with Crippen LogP contribution in [0.1, 0.15) is 76.3 Å². The van der Waals surface area contributed by atoms with Gasteiger partial charge in [-0.05, 0) is 25.7 Å². The van der Waals surface area contributed by atoms with Gasteiger partial charge in [-0.25, -0.2) is 4.98 Å². The number of ether oxygens (including phenoxy) is 1. The van der Waals surface area contributed by atoms with E-state index >= 15 is 0 Å². The summed E-state index contributed by atoms with van der Waals surface area (Å²) in [6.07, 6.45) is 17.6. The molecular weight excluding hydrogens is 302 g/mol. The standard InChI is InChI=1S/C20H31NO3/c1-2-3-4-5-9-12-19(22)13-14-23-15-18-16-24-20(21-18)17-10-7-6-8-11-17/h7,10-11,16,19,22H,2-6,8-9,12-15H2,1H3. The van der Waals surface area contributed by atoms with Gasteiger partial charge in [-0.2, -0.15) is 0 Å². The van der Waals surface area contributed by atoms with Crippen LogP contribution in [0, 0.1) is 0 Å². The number of aliphatic hydroxyl groups is 1. The van der Waals surface area contributed by atoms with Gasteiger partial charge < -0.3 is 14.3 Å². The molecule has 0 fully saturated rings. The maximum atomic E-state index is 9.95. The van der Waals surface area contributed by atoms with Crippen LogP contribution in [0.25, 0.3) is 5.57 Å². The largest absolute Gasteiger partial charge is 0.444 e. The second-order valence-corrected chi connectivity index (χ2v) is 6.48. The molecule has 0 bridgehead atoms. The molecular formula is C20H31NO3. The van der Waals surface area contributed by atoms with Crippen molar-refractivity contribution in [3.63, 3.8) is 0 Å². The molecule has 0 spiro atoms. The van der Waals surface area contributed by atoms with Crippen molar-refractivity contribution >= 4 is 5.57 Å². The zero-order valence-corrected chi connectivity index (χ0v) is 14.9. The first-order chi connectivity index (χ1) is 11.8. The lowest BCUT2D eigenvalue weighted by atomic mass is 10.1. The third-order valence-electron chi connectivity index (χ3n) is 4.28. The summed E-state index contributed by atoms with van der Waals surface area (Å²) in [6, 6.07) is 0. The first-order valence-electron chi connectivity index (χ1n) is 9.37.